The van der Waals surface area contributed by atoms with Crippen molar-refractivity contribution in [3.8, 4) is 0 Å². The van der Waals surface area contributed by atoms with E-state index >= 15 is 0 Å². The van der Waals surface area contributed by atoms with E-state index in [0.29, 0.717) is 17.9 Å². The summed E-state index contributed by atoms with van der Waals surface area (Å²) in [6, 6.07) is 0.457. The van der Waals surface area contributed by atoms with Crippen molar-refractivity contribution in [1.29, 1.82) is 0 Å². The summed E-state index contributed by atoms with van der Waals surface area (Å²) >= 11 is 0. The van der Waals surface area contributed by atoms with Gasteiger partial charge in [0, 0.05) is 25.6 Å². The minimum Gasteiger partial charge on any atom is -0.341 e. The number of amides is 1. The fraction of sp³-hybridized carbons (Fsp3) is 0.889. The lowest BCUT2D eigenvalue weighted by Crippen LogP contribution is -2.39. The molecule has 2 rings (SSSR count). The molecule has 0 bridgehead atoms. The number of nitrogens with one attached hydrogen (secondary N) is 1. The molecule has 0 aromatic rings. The summed E-state index contributed by atoms with van der Waals surface area (Å²) in [5, 5.41) is 3.27. The van der Waals surface area contributed by atoms with Crippen molar-refractivity contribution in [3.05, 3.63) is 0 Å². The maximum Gasteiger partial charge on any atom is 0.225 e. The van der Waals surface area contributed by atoms with Gasteiger partial charge >= 0.3 is 0 Å². The lowest BCUT2D eigenvalue weighted by atomic mass is 10.2. The van der Waals surface area contributed by atoms with Crippen LogP contribution in [0.15, 0.2) is 0 Å². The van der Waals surface area contributed by atoms with E-state index in [1.165, 1.54) is 0 Å². The smallest absolute Gasteiger partial charge is 0.225 e. The van der Waals surface area contributed by atoms with Crippen molar-refractivity contribution in [2.75, 3.05) is 20.1 Å². The summed E-state index contributed by atoms with van der Waals surface area (Å²) < 4.78 is 0. The number of carbonyl (C=O) groups is 1. The molecule has 0 aromatic heterocycles. The van der Waals surface area contributed by atoms with Crippen LogP contribution in [-0.4, -0.2) is 37.0 Å². The van der Waals surface area contributed by atoms with E-state index in [9.17, 15) is 4.79 Å². The first kappa shape index (κ1) is 10.8. The minimum atomic E-state index is 0. The summed E-state index contributed by atoms with van der Waals surface area (Å²) in [5.74, 6) is 0.735. The average Bonchev–Trinajstić information content (AvgIpc) is 2.79. The molecule has 1 saturated heterocycles. The number of likely N-dealkylation sites (N-methyl/N-ethyl adjacent to an activating group) is 1. The van der Waals surface area contributed by atoms with Crippen LogP contribution in [0.5, 0.6) is 0 Å². The van der Waals surface area contributed by atoms with Crippen LogP contribution in [0.25, 0.3) is 0 Å². The minimum absolute atomic E-state index is 0. The van der Waals surface area contributed by atoms with Crippen LogP contribution < -0.4 is 5.32 Å². The maximum atomic E-state index is 11.6. The fourth-order valence-electron chi connectivity index (χ4n) is 1.77. The van der Waals surface area contributed by atoms with Crippen LogP contribution in [0.3, 0.4) is 0 Å². The van der Waals surface area contributed by atoms with Crippen LogP contribution in [0, 0.1) is 5.92 Å². The Hall–Kier alpha value is -0.280. The van der Waals surface area contributed by atoms with Gasteiger partial charge in [-0.25, -0.2) is 0 Å². The van der Waals surface area contributed by atoms with E-state index < -0.39 is 0 Å². The third-order valence-corrected chi connectivity index (χ3v) is 2.86. The van der Waals surface area contributed by atoms with Crippen LogP contribution >= 0.6 is 12.4 Å². The molecule has 1 aliphatic heterocycles. The molecule has 1 atom stereocenters. The van der Waals surface area contributed by atoms with Crippen LogP contribution in [0.1, 0.15) is 19.3 Å². The second-order valence-corrected chi connectivity index (χ2v) is 3.87. The monoisotopic (exact) mass is 204 g/mol. The van der Waals surface area contributed by atoms with Crippen molar-refractivity contribution in [1.82, 2.24) is 10.2 Å². The molecule has 76 valence electrons. The van der Waals surface area contributed by atoms with Gasteiger partial charge in [-0.1, -0.05) is 0 Å². The van der Waals surface area contributed by atoms with E-state index in [1.54, 1.807) is 0 Å². The Labute approximate surface area is 85.3 Å². The summed E-state index contributed by atoms with van der Waals surface area (Å²) in [6.07, 6.45) is 3.35. The van der Waals surface area contributed by atoms with Gasteiger partial charge in [0.1, 0.15) is 0 Å². The van der Waals surface area contributed by atoms with Gasteiger partial charge < -0.3 is 10.2 Å². The molecule has 2 aliphatic rings. The highest BCUT2D eigenvalue weighted by Gasteiger charge is 2.35. The van der Waals surface area contributed by atoms with Gasteiger partial charge in [0.05, 0.1) is 0 Å². The van der Waals surface area contributed by atoms with E-state index in [0.717, 1.165) is 32.4 Å². The third kappa shape index (κ3) is 2.35. The zero-order valence-electron chi connectivity index (χ0n) is 7.95. The molecule has 3 nitrogen and oxygen atoms in total. The zero-order chi connectivity index (χ0) is 8.55. The standard InChI is InChI=1S/C9H16N2O.ClH/c1-11(8-4-5-10-6-8)9(12)7-2-3-7;/h7-8,10H,2-6H2,1H3;1H/t8-;/m0./s1. The Bertz CT molecular complexity index is 188. The first-order chi connectivity index (χ1) is 5.79. The first-order valence-corrected chi connectivity index (χ1v) is 4.76. The summed E-state index contributed by atoms with van der Waals surface area (Å²) in [6.45, 7) is 2.04. The van der Waals surface area contributed by atoms with E-state index in [4.69, 9.17) is 0 Å². The number of hydrogen-bond donors (Lipinski definition) is 1. The molecule has 0 spiro atoms. The lowest BCUT2D eigenvalue weighted by Gasteiger charge is -2.23. The normalized spacial score (nSPS) is 26.7. The summed E-state index contributed by atoms with van der Waals surface area (Å²) in [4.78, 5) is 13.5. The van der Waals surface area contributed by atoms with E-state index in [2.05, 4.69) is 5.32 Å². The molecule has 1 heterocycles. The van der Waals surface area contributed by atoms with Gasteiger partial charge in [-0.05, 0) is 25.8 Å². The highest BCUT2D eigenvalue weighted by molar-refractivity contribution is 5.85. The van der Waals surface area contributed by atoms with Gasteiger partial charge in [-0.3, -0.25) is 4.79 Å². The molecule has 1 aliphatic carbocycles. The predicted molar refractivity (Wildman–Crippen MR) is 54.0 cm³/mol. The predicted octanol–water partition coefficient (Wildman–Crippen LogP) is 0.638. The second-order valence-electron chi connectivity index (χ2n) is 3.87. The maximum absolute atomic E-state index is 11.6. The second kappa shape index (κ2) is 4.29. The topological polar surface area (TPSA) is 32.3 Å². The number of carbonyl (C=O) groups excluding carboxylic acids is 1. The van der Waals surface area contributed by atoms with Gasteiger partial charge in [-0.2, -0.15) is 0 Å². The average molecular weight is 205 g/mol. The molecule has 1 N–H and O–H groups in total. The number of halogens is 1. The molecule has 0 unspecified atom stereocenters. The molecule has 13 heavy (non-hydrogen) atoms. The van der Waals surface area contributed by atoms with Crippen molar-refractivity contribution >= 4 is 18.3 Å². The van der Waals surface area contributed by atoms with Gasteiger partial charge in [0.15, 0.2) is 0 Å². The van der Waals surface area contributed by atoms with Gasteiger partial charge in [0.25, 0.3) is 0 Å². The van der Waals surface area contributed by atoms with E-state index in [-0.39, 0.29) is 12.4 Å². The highest BCUT2D eigenvalue weighted by atomic mass is 35.5. The van der Waals surface area contributed by atoms with Crippen LogP contribution in [0.4, 0.5) is 0 Å². The Morgan fingerprint density at radius 2 is 2.08 bits per heavy atom. The Morgan fingerprint density at radius 1 is 1.38 bits per heavy atom. The Kier molecular flexibility index (Phi) is 3.56. The van der Waals surface area contributed by atoms with Gasteiger partial charge in [-0.15, -0.1) is 12.4 Å². The number of rotatable bonds is 2. The van der Waals surface area contributed by atoms with Crippen molar-refractivity contribution in [2.24, 2.45) is 5.92 Å². The molecule has 1 amide bonds. The number of nitrogens with zero attached hydrogens (tertiary/aromatic N) is 1. The number of hydrogen-bond acceptors (Lipinski definition) is 2. The fourth-order valence-corrected chi connectivity index (χ4v) is 1.77. The molecule has 0 aromatic carbocycles. The highest BCUT2D eigenvalue weighted by Crippen LogP contribution is 2.31. The summed E-state index contributed by atoms with van der Waals surface area (Å²) in [5.41, 5.74) is 0. The van der Waals surface area contributed by atoms with Crippen LogP contribution in [-0.2, 0) is 4.79 Å². The largest absolute Gasteiger partial charge is 0.341 e. The van der Waals surface area contributed by atoms with Crippen molar-refractivity contribution < 1.29 is 4.79 Å². The molecule has 1 saturated carbocycles. The lowest BCUT2D eigenvalue weighted by molar-refractivity contribution is -0.132. The third-order valence-electron chi connectivity index (χ3n) is 2.86. The molecule has 0 radical (unpaired) electrons. The zero-order valence-corrected chi connectivity index (χ0v) is 8.77. The molecule has 2 fully saturated rings. The van der Waals surface area contributed by atoms with Crippen molar-refractivity contribution in [2.45, 2.75) is 25.3 Å². The van der Waals surface area contributed by atoms with Crippen LogP contribution in [0.2, 0.25) is 0 Å². The molecule has 4 heteroatoms. The van der Waals surface area contributed by atoms with E-state index in [1.807, 2.05) is 11.9 Å². The molecular weight excluding hydrogens is 188 g/mol. The van der Waals surface area contributed by atoms with Crippen molar-refractivity contribution in [3.63, 3.8) is 0 Å². The first-order valence-electron chi connectivity index (χ1n) is 4.76. The molecular formula is C9H17ClN2O. The summed E-state index contributed by atoms with van der Waals surface area (Å²) in [7, 11) is 1.94. The Balaban J connectivity index is 0.000000845. The SMILES string of the molecule is CN(C(=O)C1CC1)[C@H]1CCNC1.Cl. The Morgan fingerprint density at radius 3 is 2.54 bits per heavy atom. The van der Waals surface area contributed by atoms with Gasteiger partial charge in [0.2, 0.25) is 5.91 Å². The quantitative estimate of drug-likeness (QED) is 0.716.